The SMILES string of the molecule is C=CC(C)=CC1N=C(CCCCC(=O)OC)N(c2ccc(F)cc2)C(=O)C1C=C. The molecule has 29 heavy (non-hydrogen) atoms. The zero-order valence-electron chi connectivity index (χ0n) is 16.9. The molecule has 0 saturated heterocycles. The molecular formula is C23H27FN2O3. The van der Waals surface area contributed by atoms with Gasteiger partial charge in [-0.05, 0) is 44.0 Å². The summed E-state index contributed by atoms with van der Waals surface area (Å²) in [7, 11) is 1.36. The summed E-state index contributed by atoms with van der Waals surface area (Å²) < 4.78 is 18.0. The fraction of sp³-hybridized carbons (Fsp3) is 0.348. The number of anilines is 1. The highest BCUT2D eigenvalue weighted by Crippen LogP contribution is 2.29. The number of aliphatic imine (C=N–C) groups is 1. The molecule has 0 fully saturated rings. The summed E-state index contributed by atoms with van der Waals surface area (Å²) in [4.78, 5) is 30.9. The molecule has 5 nitrogen and oxygen atoms in total. The second-order valence-corrected chi connectivity index (χ2v) is 6.85. The number of amides is 1. The Kier molecular flexibility index (Phi) is 8.07. The van der Waals surface area contributed by atoms with Crippen LogP contribution in [0.2, 0.25) is 0 Å². The normalized spacial score (nSPS) is 19.6. The van der Waals surface area contributed by atoms with Crippen molar-refractivity contribution in [3.63, 3.8) is 0 Å². The molecule has 1 aromatic carbocycles. The third-order valence-corrected chi connectivity index (χ3v) is 4.78. The molecule has 0 saturated carbocycles. The molecule has 6 heteroatoms. The van der Waals surface area contributed by atoms with Gasteiger partial charge in [0.25, 0.3) is 0 Å². The lowest BCUT2D eigenvalue weighted by Gasteiger charge is -2.34. The summed E-state index contributed by atoms with van der Waals surface area (Å²) in [6.45, 7) is 9.46. The molecule has 0 aliphatic carbocycles. The fourth-order valence-corrected chi connectivity index (χ4v) is 3.15. The second kappa shape index (κ2) is 10.5. The molecule has 1 heterocycles. The first-order valence-corrected chi connectivity index (χ1v) is 9.57. The maximum absolute atomic E-state index is 13.4. The molecular weight excluding hydrogens is 371 g/mol. The number of ether oxygens (including phenoxy) is 1. The fourth-order valence-electron chi connectivity index (χ4n) is 3.15. The van der Waals surface area contributed by atoms with Gasteiger partial charge in [-0.1, -0.05) is 30.4 Å². The number of carbonyl (C=O) groups excluding carboxylic acids is 2. The maximum Gasteiger partial charge on any atom is 0.305 e. The zero-order chi connectivity index (χ0) is 21.4. The van der Waals surface area contributed by atoms with E-state index in [0.717, 1.165) is 5.57 Å². The van der Waals surface area contributed by atoms with Gasteiger partial charge in [-0.15, -0.1) is 6.58 Å². The van der Waals surface area contributed by atoms with Crippen molar-refractivity contribution in [1.29, 1.82) is 0 Å². The first-order valence-electron chi connectivity index (χ1n) is 9.57. The van der Waals surface area contributed by atoms with Crippen LogP contribution in [0.4, 0.5) is 10.1 Å². The van der Waals surface area contributed by atoms with Crippen molar-refractivity contribution in [2.75, 3.05) is 12.0 Å². The minimum atomic E-state index is -0.534. The quantitative estimate of drug-likeness (QED) is 0.264. The summed E-state index contributed by atoms with van der Waals surface area (Å²) in [5.74, 6) is -0.757. The first-order chi connectivity index (χ1) is 13.9. The van der Waals surface area contributed by atoms with Crippen LogP contribution in [0.25, 0.3) is 0 Å². The highest BCUT2D eigenvalue weighted by atomic mass is 19.1. The van der Waals surface area contributed by atoms with Crippen molar-refractivity contribution in [2.24, 2.45) is 10.9 Å². The predicted molar refractivity (Wildman–Crippen MR) is 113 cm³/mol. The van der Waals surface area contributed by atoms with E-state index >= 15 is 0 Å². The van der Waals surface area contributed by atoms with E-state index in [2.05, 4.69) is 17.9 Å². The molecule has 0 N–H and O–H groups in total. The van der Waals surface area contributed by atoms with Crippen molar-refractivity contribution in [1.82, 2.24) is 0 Å². The minimum absolute atomic E-state index is 0.164. The van der Waals surface area contributed by atoms with Crippen LogP contribution in [-0.4, -0.2) is 30.9 Å². The highest BCUT2D eigenvalue weighted by Gasteiger charge is 2.36. The Balaban J connectivity index is 2.36. The molecule has 2 rings (SSSR count). The third-order valence-electron chi connectivity index (χ3n) is 4.78. The number of benzene rings is 1. The van der Waals surface area contributed by atoms with Gasteiger partial charge in [-0.2, -0.15) is 0 Å². The largest absolute Gasteiger partial charge is 0.469 e. The van der Waals surface area contributed by atoms with Gasteiger partial charge in [-0.25, -0.2) is 4.39 Å². The Hall–Kier alpha value is -3.02. The van der Waals surface area contributed by atoms with E-state index in [1.165, 1.54) is 24.1 Å². The van der Waals surface area contributed by atoms with Crippen LogP contribution in [0.3, 0.4) is 0 Å². The molecule has 0 radical (unpaired) electrons. The van der Waals surface area contributed by atoms with Crippen molar-refractivity contribution in [3.8, 4) is 0 Å². The van der Waals surface area contributed by atoms with Gasteiger partial charge in [0.05, 0.1) is 24.8 Å². The van der Waals surface area contributed by atoms with Gasteiger partial charge in [0.1, 0.15) is 11.7 Å². The number of methoxy groups -OCH3 is 1. The number of rotatable bonds is 9. The molecule has 0 aromatic heterocycles. The molecule has 2 unspecified atom stereocenters. The van der Waals surface area contributed by atoms with Crippen LogP contribution in [-0.2, 0) is 14.3 Å². The molecule has 0 spiro atoms. The zero-order valence-corrected chi connectivity index (χ0v) is 16.9. The number of nitrogens with zero attached hydrogens (tertiary/aromatic N) is 2. The first kappa shape index (κ1) is 22.3. The standard InChI is InChI=1S/C23H27FN2O3/c1-5-16(3)15-20-19(6-2)23(28)26(18-13-11-17(24)12-14-18)21(25-20)9-7-8-10-22(27)29-4/h5-6,11-15,19-20H,1-2,7-10H2,3-4H3. The Morgan fingerprint density at radius 1 is 1.28 bits per heavy atom. The molecule has 1 aliphatic rings. The number of amidine groups is 1. The molecule has 1 aliphatic heterocycles. The van der Waals surface area contributed by atoms with Crippen LogP contribution < -0.4 is 4.90 Å². The van der Waals surface area contributed by atoms with E-state index in [9.17, 15) is 14.0 Å². The predicted octanol–water partition coefficient (Wildman–Crippen LogP) is 4.61. The molecule has 0 bridgehead atoms. The number of halogens is 1. The summed E-state index contributed by atoms with van der Waals surface area (Å²) in [5, 5.41) is 0. The Labute approximate surface area is 171 Å². The van der Waals surface area contributed by atoms with Gasteiger partial charge in [-0.3, -0.25) is 19.5 Å². The summed E-state index contributed by atoms with van der Waals surface area (Å²) in [5.41, 5.74) is 1.47. The van der Waals surface area contributed by atoms with E-state index in [1.807, 2.05) is 13.0 Å². The Bertz CT molecular complexity index is 827. The number of hydrogen-bond acceptors (Lipinski definition) is 4. The minimum Gasteiger partial charge on any atom is -0.469 e. The number of allylic oxidation sites excluding steroid dienone is 2. The lowest BCUT2D eigenvalue weighted by Crippen LogP contribution is -2.48. The number of carbonyl (C=O) groups is 2. The van der Waals surface area contributed by atoms with Gasteiger partial charge < -0.3 is 4.74 Å². The molecule has 2 atom stereocenters. The van der Waals surface area contributed by atoms with Crippen LogP contribution in [0.5, 0.6) is 0 Å². The lowest BCUT2D eigenvalue weighted by atomic mass is 9.93. The van der Waals surface area contributed by atoms with Gasteiger partial charge in [0, 0.05) is 12.8 Å². The number of esters is 1. The van der Waals surface area contributed by atoms with Crippen molar-refractivity contribution in [2.45, 2.75) is 38.6 Å². The Morgan fingerprint density at radius 3 is 2.55 bits per heavy atom. The molecule has 154 valence electrons. The van der Waals surface area contributed by atoms with E-state index in [-0.39, 0.29) is 23.7 Å². The smallest absolute Gasteiger partial charge is 0.305 e. The van der Waals surface area contributed by atoms with Crippen LogP contribution in [0.15, 0.2) is 66.2 Å². The van der Waals surface area contributed by atoms with Crippen molar-refractivity contribution >= 4 is 23.4 Å². The monoisotopic (exact) mass is 398 g/mol. The lowest BCUT2D eigenvalue weighted by molar-refractivity contribution is -0.140. The summed E-state index contributed by atoms with van der Waals surface area (Å²) >= 11 is 0. The highest BCUT2D eigenvalue weighted by molar-refractivity contribution is 6.19. The van der Waals surface area contributed by atoms with Crippen LogP contribution in [0, 0.1) is 11.7 Å². The maximum atomic E-state index is 13.4. The van der Waals surface area contributed by atoms with Crippen LogP contribution in [0.1, 0.15) is 32.6 Å². The number of unbranched alkanes of at least 4 members (excludes halogenated alkanes) is 1. The second-order valence-electron chi connectivity index (χ2n) is 6.85. The Morgan fingerprint density at radius 2 is 1.97 bits per heavy atom. The molecule has 1 aromatic rings. The average molecular weight is 398 g/mol. The van der Waals surface area contributed by atoms with Gasteiger partial charge in [0.2, 0.25) is 5.91 Å². The van der Waals surface area contributed by atoms with E-state index in [0.29, 0.717) is 37.2 Å². The summed E-state index contributed by atoms with van der Waals surface area (Å²) in [6.07, 6.45) is 7.29. The van der Waals surface area contributed by atoms with Crippen molar-refractivity contribution < 1.29 is 18.7 Å². The number of hydrogen-bond donors (Lipinski definition) is 0. The van der Waals surface area contributed by atoms with Crippen molar-refractivity contribution in [3.05, 3.63) is 67.0 Å². The van der Waals surface area contributed by atoms with E-state index in [1.54, 1.807) is 24.3 Å². The third kappa shape index (κ3) is 5.73. The average Bonchev–Trinajstić information content (AvgIpc) is 2.72. The summed E-state index contributed by atoms with van der Waals surface area (Å²) in [6, 6.07) is 5.36. The van der Waals surface area contributed by atoms with E-state index in [4.69, 9.17) is 4.99 Å². The van der Waals surface area contributed by atoms with Gasteiger partial charge in [0.15, 0.2) is 0 Å². The van der Waals surface area contributed by atoms with E-state index < -0.39 is 5.92 Å². The van der Waals surface area contributed by atoms with Crippen LogP contribution >= 0.6 is 0 Å². The van der Waals surface area contributed by atoms with Gasteiger partial charge >= 0.3 is 5.97 Å². The topological polar surface area (TPSA) is 59.0 Å². The molecule has 1 amide bonds.